The zero-order chi connectivity index (χ0) is 22.0. The minimum atomic E-state index is -0.884. The Balaban J connectivity index is 1.50. The molecule has 2 N–H and O–H groups in total. The molecule has 1 unspecified atom stereocenters. The first-order valence-corrected chi connectivity index (χ1v) is 11.2. The average Bonchev–Trinajstić information content (AvgIpc) is 3.33. The van der Waals surface area contributed by atoms with Crippen molar-refractivity contribution in [2.45, 2.75) is 32.2 Å². The van der Waals surface area contributed by atoms with Crippen molar-refractivity contribution in [2.24, 2.45) is 0 Å². The molecule has 1 aromatic heterocycles. The molecule has 4 rings (SSSR count). The summed E-state index contributed by atoms with van der Waals surface area (Å²) < 4.78 is 6.35. The molecule has 0 radical (unpaired) electrons. The standard InChI is InChI=1S/C24H26N2O4S/c1-15-9-10-20(30-2)19(12-15)25-22(27)14-26-11-5-6-16(26)13-18-17-7-3-4-8-21(17)31-23(18)24(28)29/h3-4,7-10,12,16H,5-6,11,13-14H2,1-2H3,(H,25,27)(H,28,29). The summed E-state index contributed by atoms with van der Waals surface area (Å²) in [5.74, 6) is -0.345. The van der Waals surface area contributed by atoms with E-state index in [0.29, 0.717) is 22.7 Å². The number of hydrogen-bond acceptors (Lipinski definition) is 5. The number of ether oxygens (including phenoxy) is 1. The Kier molecular flexibility index (Phi) is 6.25. The van der Waals surface area contributed by atoms with Crippen LogP contribution in [-0.4, -0.2) is 48.1 Å². The predicted molar refractivity (Wildman–Crippen MR) is 123 cm³/mol. The zero-order valence-corrected chi connectivity index (χ0v) is 18.5. The molecule has 1 atom stereocenters. The number of carbonyl (C=O) groups is 2. The largest absolute Gasteiger partial charge is 0.495 e. The SMILES string of the molecule is COc1ccc(C)cc1NC(=O)CN1CCCC1Cc1c(C(=O)O)sc2ccccc12. The van der Waals surface area contributed by atoms with E-state index in [2.05, 4.69) is 10.2 Å². The average molecular weight is 439 g/mol. The number of likely N-dealkylation sites (tertiary alicyclic amines) is 1. The maximum Gasteiger partial charge on any atom is 0.346 e. The number of aromatic carboxylic acids is 1. The first kappa shape index (κ1) is 21.3. The van der Waals surface area contributed by atoms with Gasteiger partial charge in [-0.25, -0.2) is 4.79 Å². The molecule has 1 saturated heterocycles. The van der Waals surface area contributed by atoms with E-state index >= 15 is 0 Å². The number of aryl methyl sites for hydroxylation is 1. The topological polar surface area (TPSA) is 78.9 Å². The highest BCUT2D eigenvalue weighted by Crippen LogP contribution is 2.34. The van der Waals surface area contributed by atoms with Crippen molar-refractivity contribution < 1.29 is 19.4 Å². The number of amides is 1. The van der Waals surface area contributed by atoms with Crippen LogP contribution in [0.15, 0.2) is 42.5 Å². The second-order valence-corrected chi connectivity index (χ2v) is 8.99. The summed E-state index contributed by atoms with van der Waals surface area (Å²) in [5, 5.41) is 13.7. The molecule has 31 heavy (non-hydrogen) atoms. The van der Waals surface area contributed by atoms with Crippen molar-refractivity contribution in [3.05, 3.63) is 58.5 Å². The molecule has 7 heteroatoms. The molecular formula is C24H26N2O4S. The maximum absolute atomic E-state index is 12.8. The zero-order valence-electron chi connectivity index (χ0n) is 17.7. The number of fused-ring (bicyclic) bond motifs is 1. The Morgan fingerprint density at radius 1 is 1.26 bits per heavy atom. The summed E-state index contributed by atoms with van der Waals surface area (Å²) in [6.45, 7) is 3.07. The lowest BCUT2D eigenvalue weighted by atomic mass is 10.0. The van der Waals surface area contributed by atoms with E-state index < -0.39 is 5.97 Å². The molecule has 2 heterocycles. The van der Waals surface area contributed by atoms with E-state index in [1.165, 1.54) is 11.3 Å². The van der Waals surface area contributed by atoms with Gasteiger partial charge in [0, 0.05) is 10.7 Å². The van der Waals surface area contributed by atoms with Crippen LogP contribution < -0.4 is 10.1 Å². The number of hydrogen-bond donors (Lipinski definition) is 2. The van der Waals surface area contributed by atoms with Gasteiger partial charge in [0.05, 0.1) is 19.3 Å². The van der Waals surface area contributed by atoms with Gasteiger partial charge in [-0.3, -0.25) is 9.69 Å². The first-order valence-electron chi connectivity index (χ1n) is 10.4. The fraction of sp³-hybridized carbons (Fsp3) is 0.333. The van der Waals surface area contributed by atoms with Crippen molar-refractivity contribution in [1.29, 1.82) is 0 Å². The number of carboxylic acids is 1. The van der Waals surface area contributed by atoms with Crippen LogP contribution in [0.4, 0.5) is 5.69 Å². The van der Waals surface area contributed by atoms with E-state index in [1.54, 1.807) is 7.11 Å². The monoisotopic (exact) mass is 438 g/mol. The van der Waals surface area contributed by atoms with Crippen LogP contribution in [0.5, 0.6) is 5.75 Å². The van der Waals surface area contributed by atoms with Crippen LogP contribution in [0.2, 0.25) is 0 Å². The molecule has 6 nitrogen and oxygen atoms in total. The Labute approximate surface area is 185 Å². The molecule has 1 amide bonds. The van der Waals surface area contributed by atoms with Crippen LogP contribution in [-0.2, 0) is 11.2 Å². The Bertz CT molecular complexity index is 1120. The number of carbonyl (C=O) groups excluding carboxylic acids is 1. The van der Waals surface area contributed by atoms with Crippen molar-refractivity contribution in [3.8, 4) is 5.75 Å². The molecule has 0 saturated carbocycles. The van der Waals surface area contributed by atoms with E-state index in [-0.39, 0.29) is 18.5 Å². The number of methoxy groups -OCH3 is 1. The van der Waals surface area contributed by atoms with Crippen molar-refractivity contribution in [3.63, 3.8) is 0 Å². The van der Waals surface area contributed by atoms with Gasteiger partial charge in [-0.05, 0) is 67.4 Å². The number of benzene rings is 2. The van der Waals surface area contributed by atoms with Gasteiger partial charge in [0.1, 0.15) is 10.6 Å². The molecule has 0 spiro atoms. The van der Waals surface area contributed by atoms with E-state index in [0.717, 1.165) is 40.6 Å². The Morgan fingerprint density at radius 2 is 2.06 bits per heavy atom. The second-order valence-electron chi connectivity index (χ2n) is 7.93. The van der Waals surface area contributed by atoms with E-state index in [9.17, 15) is 14.7 Å². The van der Waals surface area contributed by atoms with Gasteiger partial charge in [-0.1, -0.05) is 24.3 Å². The molecule has 3 aromatic rings. The first-order chi connectivity index (χ1) is 15.0. The van der Waals surface area contributed by atoms with Gasteiger partial charge < -0.3 is 15.2 Å². The van der Waals surface area contributed by atoms with Crippen LogP contribution in [0.25, 0.3) is 10.1 Å². The lowest BCUT2D eigenvalue weighted by Gasteiger charge is -2.24. The summed E-state index contributed by atoms with van der Waals surface area (Å²) in [5.41, 5.74) is 2.59. The smallest absolute Gasteiger partial charge is 0.346 e. The third-order valence-electron chi connectivity index (χ3n) is 5.81. The highest BCUT2D eigenvalue weighted by Gasteiger charge is 2.29. The summed E-state index contributed by atoms with van der Waals surface area (Å²) in [6.07, 6.45) is 2.58. The number of carboxylic acid groups (broad SMARTS) is 1. The fourth-order valence-electron chi connectivity index (χ4n) is 4.34. The molecule has 0 aliphatic carbocycles. The van der Waals surface area contributed by atoms with Crippen LogP contribution in [0, 0.1) is 6.92 Å². The second kappa shape index (κ2) is 9.08. The van der Waals surface area contributed by atoms with E-state index in [4.69, 9.17) is 4.74 Å². The number of nitrogens with zero attached hydrogens (tertiary/aromatic N) is 1. The van der Waals surface area contributed by atoms with Crippen LogP contribution >= 0.6 is 11.3 Å². The Morgan fingerprint density at radius 3 is 2.84 bits per heavy atom. The third-order valence-corrected chi connectivity index (χ3v) is 7.01. The molecule has 1 fully saturated rings. The van der Waals surface area contributed by atoms with Gasteiger partial charge in [0.25, 0.3) is 0 Å². The minimum Gasteiger partial charge on any atom is -0.495 e. The fourth-order valence-corrected chi connectivity index (χ4v) is 5.41. The molecular weight excluding hydrogens is 412 g/mol. The molecule has 2 aromatic carbocycles. The van der Waals surface area contributed by atoms with Crippen molar-refractivity contribution in [2.75, 3.05) is 25.5 Å². The number of anilines is 1. The highest BCUT2D eigenvalue weighted by molar-refractivity contribution is 7.21. The summed E-state index contributed by atoms with van der Waals surface area (Å²) in [7, 11) is 1.59. The molecule has 0 bridgehead atoms. The minimum absolute atomic E-state index is 0.0931. The van der Waals surface area contributed by atoms with Gasteiger partial charge in [0.15, 0.2) is 0 Å². The molecule has 162 valence electrons. The van der Waals surface area contributed by atoms with Gasteiger partial charge in [-0.15, -0.1) is 11.3 Å². The summed E-state index contributed by atoms with van der Waals surface area (Å²) in [6, 6.07) is 13.7. The number of nitrogens with one attached hydrogen (secondary N) is 1. The third kappa shape index (κ3) is 4.57. The number of rotatable bonds is 7. The highest BCUT2D eigenvalue weighted by atomic mass is 32.1. The maximum atomic E-state index is 12.8. The van der Waals surface area contributed by atoms with E-state index in [1.807, 2.05) is 49.4 Å². The normalized spacial score (nSPS) is 16.5. The lowest BCUT2D eigenvalue weighted by molar-refractivity contribution is -0.117. The van der Waals surface area contributed by atoms with Crippen LogP contribution in [0.1, 0.15) is 33.6 Å². The van der Waals surface area contributed by atoms with Crippen LogP contribution in [0.3, 0.4) is 0 Å². The van der Waals surface area contributed by atoms with Gasteiger partial charge in [-0.2, -0.15) is 0 Å². The quantitative estimate of drug-likeness (QED) is 0.565. The van der Waals surface area contributed by atoms with Crippen molar-refractivity contribution in [1.82, 2.24) is 4.90 Å². The summed E-state index contributed by atoms with van der Waals surface area (Å²) in [4.78, 5) is 27.2. The van der Waals surface area contributed by atoms with Gasteiger partial charge in [0.2, 0.25) is 5.91 Å². The summed E-state index contributed by atoms with van der Waals surface area (Å²) >= 11 is 1.33. The lowest BCUT2D eigenvalue weighted by Crippen LogP contribution is -2.38. The molecule has 1 aliphatic rings. The van der Waals surface area contributed by atoms with Gasteiger partial charge >= 0.3 is 5.97 Å². The number of thiophene rings is 1. The Hall–Kier alpha value is -2.90. The predicted octanol–water partition coefficient (Wildman–Crippen LogP) is 4.56. The molecule has 1 aliphatic heterocycles. The van der Waals surface area contributed by atoms with Crippen molar-refractivity contribution >= 4 is 39.0 Å².